The second-order valence-corrected chi connectivity index (χ2v) is 7.45. The highest BCUT2D eigenvalue weighted by Crippen LogP contribution is 2.75. The highest BCUT2D eigenvalue weighted by molar-refractivity contribution is 6.55. The summed E-state index contributed by atoms with van der Waals surface area (Å²) in [7, 11) is 0. The molecule has 1 saturated carbocycles. The van der Waals surface area contributed by atoms with E-state index in [4.69, 9.17) is 27.9 Å². The van der Waals surface area contributed by atoms with E-state index in [1.165, 1.54) is 0 Å². The summed E-state index contributed by atoms with van der Waals surface area (Å²) in [6.45, 7) is 5.83. The van der Waals surface area contributed by atoms with Gasteiger partial charge in [-0.3, -0.25) is 9.59 Å². The number of ether oxygens (including phenoxy) is 1. The monoisotopic (exact) mass is 394 g/mol. The minimum Gasteiger partial charge on any atom is -0.465 e. The van der Waals surface area contributed by atoms with Crippen LogP contribution in [0.5, 0.6) is 0 Å². The Kier molecular flexibility index (Phi) is 6.70. The Labute approximate surface area is 165 Å². The van der Waals surface area contributed by atoms with E-state index in [0.717, 1.165) is 0 Å². The molecule has 0 saturated heterocycles. The molecule has 0 aromatic heterocycles. The number of halogens is 2. The van der Waals surface area contributed by atoms with Gasteiger partial charge in [0.15, 0.2) is 5.78 Å². The number of carbonyl (C=O) groups is 2. The van der Waals surface area contributed by atoms with Gasteiger partial charge in [-0.25, -0.2) is 0 Å². The molecule has 1 aromatic carbocycles. The van der Waals surface area contributed by atoms with E-state index < -0.39 is 22.7 Å². The molecule has 0 aliphatic heterocycles. The molecule has 3 nitrogen and oxygen atoms in total. The Morgan fingerprint density at radius 2 is 1.85 bits per heavy atom. The predicted molar refractivity (Wildman–Crippen MR) is 105 cm³/mol. The molecule has 140 valence electrons. The van der Waals surface area contributed by atoms with Crippen LogP contribution < -0.4 is 0 Å². The lowest BCUT2D eigenvalue weighted by molar-refractivity contribution is -0.149. The summed E-state index contributed by atoms with van der Waals surface area (Å²) < 4.78 is 5.42. The van der Waals surface area contributed by atoms with E-state index in [9.17, 15) is 9.59 Å². The zero-order valence-corrected chi connectivity index (χ0v) is 16.8. The Morgan fingerprint density at radius 3 is 2.35 bits per heavy atom. The van der Waals surface area contributed by atoms with Crippen LogP contribution in [0.1, 0.15) is 44.0 Å². The molecule has 5 heteroatoms. The third-order valence-corrected chi connectivity index (χ3v) is 5.65. The van der Waals surface area contributed by atoms with E-state index in [1.54, 1.807) is 37.3 Å². The highest BCUT2D eigenvalue weighted by atomic mass is 35.5. The molecule has 1 aromatic rings. The van der Waals surface area contributed by atoms with Gasteiger partial charge in [-0.15, -0.1) is 0 Å². The fourth-order valence-corrected chi connectivity index (χ4v) is 4.40. The van der Waals surface area contributed by atoms with Crippen molar-refractivity contribution in [3.63, 3.8) is 0 Å². The lowest BCUT2D eigenvalue weighted by Gasteiger charge is -2.21. The van der Waals surface area contributed by atoms with Gasteiger partial charge in [-0.05, 0) is 32.8 Å². The van der Waals surface area contributed by atoms with Crippen LogP contribution in [0.4, 0.5) is 0 Å². The molecular weight excluding hydrogens is 371 g/mol. The van der Waals surface area contributed by atoms with Crippen molar-refractivity contribution >= 4 is 35.0 Å². The minimum atomic E-state index is -1.31. The smallest absolute Gasteiger partial charge is 0.321 e. The number of benzene rings is 1. The predicted octanol–water partition coefficient (Wildman–Crippen LogP) is 5.73. The second-order valence-electron chi connectivity index (χ2n) is 6.44. The number of allylic oxidation sites excluding steroid dienone is 3. The van der Waals surface area contributed by atoms with Crippen LogP contribution in [0, 0.1) is 16.7 Å². The topological polar surface area (TPSA) is 43.4 Å². The van der Waals surface area contributed by atoms with Crippen molar-refractivity contribution < 1.29 is 14.3 Å². The molecule has 3 unspecified atom stereocenters. The fraction of sp³-hybridized carbons (Fsp3) is 0.429. The molecular formula is C21H24Cl2O3. The van der Waals surface area contributed by atoms with Gasteiger partial charge in [-0.1, -0.05) is 72.6 Å². The third-order valence-electron chi connectivity index (χ3n) is 5.40. The molecule has 1 aliphatic rings. The van der Waals surface area contributed by atoms with Gasteiger partial charge >= 0.3 is 5.97 Å². The van der Waals surface area contributed by atoms with Crippen molar-refractivity contribution in [3.05, 3.63) is 58.6 Å². The Bertz CT molecular complexity index is 722. The van der Waals surface area contributed by atoms with Crippen molar-refractivity contribution in [3.8, 4) is 0 Å². The van der Waals surface area contributed by atoms with Crippen LogP contribution in [0.15, 0.2) is 53.1 Å². The van der Waals surface area contributed by atoms with E-state index in [-0.39, 0.29) is 16.9 Å². The first-order valence-electron chi connectivity index (χ1n) is 8.83. The van der Waals surface area contributed by atoms with Crippen molar-refractivity contribution in [2.75, 3.05) is 6.61 Å². The van der Waals surface area contributed by atoms with Crippen LogP contribution in [-0.4, -0.2) is 18.4 Å². The van der Waals surface area contributed by atoms with Crippen LogP contribution >= 0.6 is 23.2 Å². The quantitative estimate of drug-likeness (QED) is 0.244. The summed E-state index contributed by atoms with van der Waals surface area (Å²) in [4.78, 5) is 26.6. The standard InChI is InChI=1S/C21H24Cl2O3/c1-4-7-13-20(5-2)16(14-17(22)23)21(20,19(25)26-6-3)18(24)15-11-9-8-10-12-15/h4,7-12,14,16H,5-6,13H2,1-3H3/b7-4+. The Morgan fingerprint density at radius 1 is 1.19 bits per heavy atom. The molecule has 0 amide bonds. The average Bonchev–Trinajstić information content (AvgIpc) is 3.21. The van der Waals surface area contributed by atoms with Crippen LogP contribution in [-0.2, 0) is 9.53 Å². The molecule has 3 atom stereocenters. The van der Waals surface area contributed by atoms with E-state index in [2.05, 4.69) is 0 Å². The first-order chi connectivity index (χ1) is 12.4. The maximum absolute atomic E-state index is 13.5. The van der Waals surface area contributed by atoms with E-state index in [0.29, 0.717) is 18.4 Å². The number of hydrogen-bond acceptors (Lipinski definition) is 3. The number of esters is 1. The molecule has 0 heterocycles. The highest BCUT2D eigenvalue weighted by Gasteiger charge is 2.82. The summed E-state index contributed by atoms with van der Waals surface area (Å²) in [5.74, 6) is -1.15. The van der Waals surface area contributed by atoms with Gasteiger partial charge in [0.05, 0.1) is 6.61 Å². The SMILES string of the molecule is C/C=C/CC1(CC)C(C=C(Cl)Cl)C1(C(=O)OCC)C(=O)c1ccccc1. The molecule has 2 rings (SSSR count). The maximum Gasteiger partial charge on any atom is 0.321 e. The molecule has 0 spiro atoms. The average molecular weight is 395 g/mol. The number of ketones is 1. The molecule has 1 aliphatic carbocycles. The third kappa shape index (κ3) is 3.23. The number of Topliss-reactive ketones (excluding diaryl/α,β-unsaturated/α-hetero) is 1. The Balaban J connectivity index is 2.66. The second kappa shape index (κ2) is 8.41. The van der Waals surface area contributed by atoms with E-state index in [1.807, 2.05) is 32.1 Å². The fourth-order valence-electron chi connectivity index (χ4n) is 4.15. The molecule has 0 N–H and O–H groups in total. The van der Waals surface area contributed by atoms with Crippen LogP contribution in [0.2, 0.25) is 0 Å². The number of carbonyl (C=O) groups excluding carboxylic acids is 2. The van der Waals surface area contributed by atoms with Crippen LogP contribution in [0.3, 0.4) is 0 Å². The molecule has 1 fully saturated rings. The minimum absolute atomic E-state index is 0.0559. The summed E-state index contributed by atoms with van der Waals surface area (Å²) in [5.41, 5.74) is -1.43. The van der Waals surface area contributed by atoms with Gasteiger partial charge in [0.2, 0.25) is 0 Å². The zero-order chi connectivity index (χ0) is 19.4. The van der Waals surface area contributed by atoms with Gasteiger partial charge in [0, 0.05) is 16.9 Å². The summed E-state index contributed by atoms with van der Waals surface area (Å²) in [6, 6.07) is 8.85. The first kappa shape index (κ1) is 20.7. The lowest BCUT2D eigenvalue weighted by atomic mass is 9.82. The van der Waals surface area contributed by atoms with Gasteiger partial charge < -0.3 is 4.74 Å². The van der Waals surface area contributed by atoms with Crippen molar-refractivity contribution in [2.24, 2.45) is 16.7 Å². The Hall–Kier alpha value is -1.58. The summed E-state index contributed by atoms with van der Waals surface area (Å²) >= 11 is 11.9. The maximum atomic E-state index is 13.5. The summed E-state index contributed by atoms with van der Waals surface area (Å²) in [5, 5.41) is 0. The largest absolute Gasteiger partial charge is 0.465 e. The number of rotatable bonds is 8. The van der Waals surface area contributed by atoms with Crippen LogP contribution in [0.25, 0.3) is 0 Å². The van der Waals surface area contributed by atoms with E-state index >= 15 is 0 Å². The number of hydrogen-bond donors (Lipinski definition) is 0. The first-order valence-corrected chi connectivity index (χ1v) is 9.59. The van der Waals surface area contributed by atoms with Crippen molar-refractivity contribution in [1.29, 1.82) is 0 Å². The molecule has 0 bridgehead atoms. The normalized spacial score (nSPS) is 27.2. The molecule has 0 radical (unpaired) electrons. The van der Waals surface area contributed by atoms with Crippen molar-refractivity contribution in [2.45, 2.75) is 33.6 Å². The molecule has 26 heavy (non-hydrogen) atoms. The summed E-state index contributed by atoms with van der Waals surface area (Å²) in [6.07, 6.45) is 6.71. The van der Waals surface area contributed by atoms with Gasteiger partial charge in [0.1, 0.15) is 9.91 Å². The van der Waals surface area contributed by atoms with Gasteiger partial charge in [0.25, 0.3) is 0 Å². The zero-order valence-electron chi connectivity index (χ0n) is 15.3. The lowest BCUT2D eigenvalue weighted by Crippen LogP contribution is -2.34. The van der Waals surface area contributed by atoms with Crippen molar-refractivity contribution in [1.82, 2.24) is 0 Å². The van der Waals surface area contributed by atoms with Gasteiger partial charge in [-0.2, -0.15) is 0 Å².